The molecule has 18 heavy (non-hydrogen) atoms. The molecule has 0 heterocycles. The minimum absolute atomic E-state index is 0.142. The second-order valence-corrected chi connectivity index (χ2v) is 5.70. The molecule has 0 N–H and O–H groups in total. The number of halogens is 1. The van der Waals surface area contributed by atoms with E-state index in [1.54, 1.807) is 19.1 Å². The van der Waals surface area contributed by atoms with Gasteiger partial charge in [-0.25, -0.2) is 0 Å². The lowest BCUT2D eigenvalue weighted by atomic mass is 9.98. The fourth-order valence-electron chi connectivity index (χ4n) is 2.08. The van der Waals surface area contributed by atoms with Gasteiger partial charge < -0.3 is 0 Å². The summed E-state index contributed by atoms with van der Waals surface area (Å²) in [6.45, 7) is 6.10. The molecule has 0 bridgehead atoms. The van der Waals surface area contributed by atoms with Gasteiger partial charge in [-0.05, 0) is 37.7 Å². The zero-order valence-corrected chi connectivity index (χ0v) is 11.9. The number of hydrogen-bond donors (Lipinski definition) is 0. The quantitative estimate of drug-likeness (QED) is 0.434. The van der Waals surface area contributed by atoms with Crippen LogP contribution < -0.4 is 0 Å². The molecule has 0 aliphatic carbocycles. The van der Waals surface area contributed by atoms with Crippen LogP contribution in [0.5, 0.6) is 0 Å². The Morgan fingerprint density at radius 3 is 2.61 bits per heavy atom. The molecular formula is C14H20ClNO2. The summed E-state index contributed by atoms with van der Waals surface area (Å²) in [4.78, 5) is 10.5. The Labute approximate surface area is 113 Å². The predicted octanol–water partition coefficient (Wildman–Crippen LogP) is 4.49. The van der Waals surface area contributed by atoms with Crippen LogP contribution in [0, 0.1) is 23.0 Å². The van der Waals surface area contributed by atoms with E-state index < -0.39 is 0 Å². The Kier molecular flexibility index (Phi) is 5.60. The molecule has 0 radical (unpaired) electrons. The van der Waals surface area contributed by atoms with Crippen molar-refractivity contribution in [3.05, 3.63) is 39.4 Å². The van der Waals surface area contributed by atoms with E-state index in [4.69, 9.17) is 11.6 Å². The summed E-state index contributed by atoms with van der Waals surface area (Å²) in [7, 11) is 0. The molecular weight excluding hydrogens is 250 g/mol. The fourth-order valence-corrected chi connectivity index (χ4v) is 2.55. The molecule has 0 aliphatic rings. The second kappa shape index (κ2) is 6.74. The number of benzene rings is 1. The van der Waals surface area contributed by atoms with Gasteiger partial charge >= 0.3 is 0 Å². The van der Waals surface area contributed by atoms with Crippen molar-refractivity contribution < 1.29 is 4.92 Å². The third kappa shape index (κ3) is 4.30. The predicted molar refractivity (Wildman–Crippen MR) is 75.3 cm³/mol. The number of nitro groups is 1. The third-order valence-electron chi connectivity index (χ3n) is 3.07. The van der Waals surface area contributed by atoms with Crippen molar-refractivity contribution in [2.24, 2.45) is 5.92 Å². The van der Waals surface area contributed by atoms with Gasteiger partial charge in [-0.15, -0.1) is 11.6 Å². The van der Waals surface area contributed by atoms with Crippen LogP contribution in [0.1, 0.15) is 37.8 Å². The second-order valence-electron chi connectivity index (χ2n) is 5.08. The van der Waals surface area contributed by atoms with Crippen LogP contribution in [0.15, 0.2) is 18.2 Å². The van der Waals surface area contributed by atoms with Crippen molar-refractivity contribution in [3.63, 3.8) is 0 Å². The summed E-state index contributed by atoms with van der Waals surface area (Å²) < 4.78 is 0. The van der Waals surface area contributed by atoms with E-state index in [-0.39, 0.29) is 16.0 Å². The average molecular weight is 270 g/mol. The number of rotatable bonds is 6. The highest BCUT2D eigenvalue weighted by Gasteiger charge is 2.14. The molecule has 0 spiro atoms. The maximum absolute atomic E-state index is 10.8. The van der Waals surface area contributed by atoms with Crippen molar-refractivity contribution in [1.82, 2.24) is 0 Å². The molecule has 0 amide bonds. The van der Waals surface area contributed by atoms with E-state index in [9.17, 15) is 10.1 Å². The van der Waals surface area contributed by atoms with Crippen LogP contribution in [-0.2, 0) is 6.42 Å². The topological polar surface area (TPSA) is 43.1 Å². The lowest BCUT2D eigenvalue weighted by Crippen LogP contribution is -2.06. The van der Waals surface area contributed by atoms with Gasteiger partial charge in [-0.3, -0.25) is 10.1 Å². The van der Waals surface area contributed by atoms with Gasteiger partial charge in [0, 0.05) is 17.0 Å². The minimum Gasteiger partial charge on any atom is -0.258 e. The molecule has 0 fully saturated rings. The molecule has 3 nitrogen and oxygen atoms in total. The maximum atomic E-state index is 10.8. The molecule has 1 aromatic rings. The highest BCUT2D eigenvalue weighted by Crippen LogP contribution is 2.24. The number of aryl methyl sites for hydroxylation is 1. The van der Waals surface area contributed by atoms with Gasteiger partial charge in [-0.2, -0.15) is 0 Å². The zero-order chi connectivity index (χ0) is 13.7. The van der Waals surface area contributed by atoms with Gasteiger partial charge in [0.25, 0.3) is 5.69 Å². The summed E-state index contributed by atoms with van der Waals surface area (Å²) >= 11 is 6.25. The first-order valence-corrected chi connectivity index (χ1v) is 6.72. The van der Waals surface area contributed by atoms with E-state index in [1.807, 2.05) is 6.07 Å². The first-order chi connectivity index (χ1) is 8.41. The number of hydrogen-bond acceptors (Lipinski definition) is 2. The van der Waals surface area contributed by atoms with Gasteiger partial charge in [0.1, 0.15) is 0 Å². The minimum atomic E-state index is -0.328. The molecule has 1 atom stereocenters. The van der Waals surface area contributed by atoms with Gasteiger partial charge in [0.15, 0.2) is 0 Å². The van der Waals surface area contributed by atoms with Gasteiger partial charge in [0.2, 0.25) is 0 Å². The largest absolute Gasteiger partial charge is 0.272 e. The molecule has 100 valence electrons. The molecule has 0 aliphatic heterocycles. The van der Waals surface area contributed by atoms with E-state index in [2.05, 4.69) is 13.8 Å². The average Bonchev–Trinajstić information content (AvgIpc) is 2.26. The molecule has 4 heteroatoms. The third-order valence-corrected chi connectivity index (χ3v) is 3.46. The summed E-state index contributed by atoms with van der Waals surface area (Å²) in [6.07, 6.45) is 2.64. The first kappa shape index (κ1) is 15.0. The Morgan fingerprint density at radius 1 is 1.39 bits per heavy atom. The standard InChI is InChI=1S/C14H20ClNO2/c1-10(2)9-13(15)8-7-12-5-4-6-14(11(12)3)16(17)18/h4-6,10,13H,7-9H2,1-3H3. The van der Waals surface area contributed by atoms with Crippen molar-refractivity contribution >= 4 is 17.3 Å². The lowest BCUT2D eigenvalue weighted by molar-refractivity contribution is -0.385. The van der Waals surface area contributed by atoms with Crippen molar-refractivity contribution in [2.45, 2.75) is 45.4 Å². The smallest absolute Gasteiger partial charge is 0.258 e. The molecule has 0 aromatic heterocycles. The van der Waals surface area contributed by atoms with Crippen LogP contribution in [0.4, 0.5) is 5.69 Å². The van der Waals surface area contributed by atoms with Gasteiger partial charge in [-0.1, -0.05) is 26.0 Å². The Bertz CT molecular complexity index is 418. The molecule has 1 aromatic carbocycles. The molecule has 1 rings (SSSR count). The summed E-state index contributed by atoms with van der Waals surface area (Å²) in [5.74, 6) is 0.582. The van der Waals surface area contributed by atoms with Crippen molar-refractivity contribution in [1.29, 1.82) is 0 Å². The van der Waals surface area contributed by atoms with Crippen LogP contribution in [0.25, 0.3) is 0 Å². The molecule has 0 saturated heterocycles. The monoisotopic (exact) mass is 269 g/mol. The van der Waals surface area contributed by atoms with Crippen LogP contribution in [-0.4, -0.2) is 10.3 Å². The Balaban J connectivity index is 2.68. The van der Waals surface area contributed by atoms with Crippen molar-refractivity contribution in [2.75, 3.05) is 0 Å². The number of nitrogens with zero attached hydrogens (tertiary/aromatic N) is 1. The van der Waals surface area contributed by atoms with Crippen LogP contribution >= 0.6 is 11.6 Å². The van der Waals surface area contributed by atoms with Crippen LogP contribution in [0.3, 0.4) is 0 Å². The fraction of sp³-hybridized carbons (Fsp3) is 0.571. The highest BCUT2D eigenvalue weighted by atomic mass is 35.5. The van der Waals surface area contributed by atoms with E-state index in [1.165, 1.54) is 0 Å². The molecule has 1 unspecified atom stereocenters. The maximum Gasteiger partial charge on any atom is 0.272 e. The normalized spacial score (nSPS) is 12.7. The zero-order valence-electron chi connectivity index (χ0n) is 11.1. The number of nitro benzene ring substituents is 1. The Morgan fingerprint density at radius 2 is 2.06 bits per heavy atom. The summed E-state index contributed by atoms with van der Waals surface area (Å²) in [5.41, 5.74) is 1.98. The van der Waals surface area contributed by atoms with Gasteiger partial charge in [0.05, 0.1) is 4.92 Å². The Hall–Kier alpha value is -1.09. The SMILES string of the molecule is Cc1c(CCC(Cl)CC(C)C)cccc1[N+](=O)[O-]. The van der Waals surface area contributed by atoms with E-state index in [0.717, 1.165) is 30.4 Å². The first-order valence-electron chi connectivity index (χ1n) is 6.28. The highest BCUT2D eigenvalue weighted by molar-refractivity contribution is 6.20. The number of alkyl halides is 1. The lowest BCUT2D eigenvalue weighted by Gasteiger charge is -2.12. The molecule has 0 saturated carbocycles. The summed E-state index contributed by atoms with van der Waals surface area (Å²) in [5, 5.41) is 11.0. The summed E-state index contributed by atoms with van der Waals surface area (Å²) in [6, 6.07) is 5.23. The van der Waals surface area contributed by atoms with Crippen LogP contribution in [0.2, 0.25) is 0 Å². The van der Waals surface area contributed by atoms with Crippen molar-refractivity contribution in [3.8, 4) is 0 Å². The van der Waals surface area contributed by atoms with E-state index in [0.29, 0.717) is 5.92 Å². The van der Waals surface area contributed by atoms with E-state index >= 15 is 0 Å².